The van der Waals surface area contributed by atoms with Crippen molar-refractivity contribution < 1.29 is 0 Å². The molecule has 1 heterocycles. The molecule has 0 aliphatic carbocycles. The van der Waals surface area contributed by atoms with E-state index < -0.39 is 0 Å². The zero-order valence-corrected chi connectivity index (χ0v) is 10.5. The van der Waals surface area contributed by atoms with Gasteiger partial charge in [-0.25, -0.2) is 4.68 Å². The van der Waals surface area contributed by atoms with Gasteiger partial charge in [-0.2, -0.15) is 5.10 Å². The molecule has 2 aromatic rings. The van der Waals surface area contributed by atoms with E-state index in [2.05, 4.69) is 30.3 Å². The normalized spacial score (nSPS) is 10.5. The fraction of sp³-hybridized carbons (Fsp3) is 0.308. The van der Waals surface area contributed by atoms with Gasteiger partial charge in [0.25, 0.3) is 0 Å². The van der Waals surface area contributed by atoms with E-state index in [4.69, 9.17) is 5.73 Å². The third-order valence-corrected chi connectivity index (χ3v) is 2.87. The van der Waals surface area contributed by atoms with E-state index in [0.717, 1.165) is 29.4 Å². The highest BCUT2D eigenvalue weighted by molar-refractivity contribution is 5.72. The summed E-state index contributed by atoms with van der Waals surface area (Å²) in [7, 11) is 0. The van der Waals surface area contributed by atoms with Crippen molar-refractivity contribution in [1.29, 1.82) is 0 Å². The smallest absolute Gasteiger partial charge is 0.152 e. The number of nitrogens with zero attached hydrogens (tertiary/aromatic N) is 2. The van der Waals surface area contributed by atoms with E-state index in [1.54, 1.807) is 0 Å². The standard InChI is InChI=1S/C13H18N4/c1-4-17-13(12(14)10(3)16-17)15-11-8-6-5-7-9(11)2/h5-8,15H,4,14H2,1-3H3. The minimum Gasteiger partial charge on any atom is -0.394 e. The Balaban J connectivity index is 2.39. The fourth-order valence-electron chi connectivity index (χ4n) is 1.80. The van der Waals surface area contributed by atoms with Crippen molar-refractivity contribution in [3.05, 3.63) is 35.5 Å². The maximum Gasteiger partial charge on any atom is 0.152 e. The molecule has 1 aromatic carbocycles. The highest BCUT2D eigenvalue weighted by Crippen LogP contribution is 2.27. The third kappa shape index (κ3) is 2.11. The van der Waals surface area contributed by atoms with E-state index in [0.29, 0.717) is 0 Å². The molecule has 0 saturated heterocycles. The first-order chi connectivity index (χ1) is 8.13. The minimum absolute atomic E-state index is 0.718. The maximum atomic E-state index is 6.03. The van der Waals surface area contributed by atoms with Crippen LogP contribution in [-0.4, -0.2) is 9.78 Å². The minimum atomic E-state index is 0.718. The maximum absolute atomic E-state index is 6.03. The molecule has 0 unspecified atom stereocenters. The van der Waals surface area contributed by atoms with Crippen molar-refractivity contribution in [2.75, 3.05) is 11.1 Å². The molecule has 0 fully saturated rings. The van der Waals surface area contributed by atoms with Crippen LogP contribution in [0.1, 0.15) is 18.2 Å². The first kappa shape index (κ1) is 11.5. The molecular weight excluding hydrogens is 212 g/mol. The number of benzene rings is 1. The summed E-state index contributed by atoms with van der Waals surface area (Å²) in [4.78, 5) is 0. The van der Waals surface area contributed by atoms with Crippen molar-refractivity contribution in [2.24, 2.45) is 0 Å². The van der Waals surface area contributed by atoms with Crippen LogP contribution < -0.4 is 11.1 Å². The van der Waals surface area contributed by atoms with Gasteiger partial charge in [0.1, 0.15) is 0 Å². The number of hydrogen-bond donors (Lipinski definition) is 2. The van der Waals surface area contributed by atoms with Crippen molar-refractivity contribution in [1.82, 2.24) is 9.78 Å². The summed E-state index contributed by atoms with van der Waals surface area (Å²) >= 11 is 0. The number of nitrogens with one attached hydrogen (secondary N) is 1. The van der Waals surface area contributed by atoms with E-state index in [1.165, 1.54) is 5.56 Å². The number of aromatic nitrogens is 2. The van der Waals surface area contributed by atoms with E-state index in [1.807, 2.05) is 29.8 Å². The Morgan fingerprint density at radius 3 is 2.65 bits per heavy atom. The van der Waals surface area contributed by atoms with Gasteiger partial charge < -0.3 is 11.1 Å². The Morgan fingerprint density at radius 2 is 2.00 bits per heavy atom. The largest absolute Gasteiger partial charge is 0.394 e. The molecule has 3 N–H and O–H groups in total. The Bertz CT molecular complexity index is 528. The van der Waals surface area contributed by atoms with Crippen molar-refractivity contribution >= 4 is 17.2 Å². The molecule has 0 aliphatic heterocycles. The second-order valence-electron chi connectivity index (χ2n) is 4.10. The summed E-state index contributed by atoms with van der Waals surface area (Å²) in [6.07, 6.45) is 0. The molecule has 0 amide bonds. The highest BCUT2D eigenvalue weighted by atomic mass is 15.3. The Hall–Kier alpha value is -1.97. The zero-order valence-electron chi connectivity index (χ0n) is 10.5. The van der Waals surface area contributed by atoms with Crippen LogP contribution in [0.2, 0.25) is 0 Å². The first-order valence-electron chi connectivity index (χ1n) is 5.79. The first-order valence-corrected chi connectivity index (χ1v) is 5.79. The van der Waals surface area contributed by atoms with Gasteiger partial charge in [-0.3, -0.25) is 0 Å². The van der Waals surface area contributed by atoms with Gasteiger partial charge in [0.15, 0.2) is 5.82 Å². The molecular formula is C13H18N4. The Morgan fingerprint density at radius 1 is 1.29 bits per heavy atom. The molecule has 4 nitrogen and oxygen atoms in total. The zero-order chi connectivity index (χ0) is 12.4. The summed E-state index contributed by atoms with van der Waals surface area (Å²) in [5, 5.41) is 7.74. The average Bonchev–Trinajstić information content (AvgIpc) is 2.59. The molecule has 0 saturated carbocycles. The molecule has 0 radical (unpaired) electrons. The third-order valence-electron chi connectivity index (χ3n) is 2.87. The molecule has 0 aliphatic rings. The predicted molar refractivity (Wildman–Crippen MR) is 71.5 cm³/mol. The molecule has 4 heteroatoms. The van der Waals surface area contributed by atoms with Gasteiger partial charge >= 0.3 is 0 Å². The van der Waals surface area contributed by atoms with Gasteiger partial charge in [0.05, 0.1) is 11.4 Å². The van der Waals surface area contributed by atoms with Crippen molar-refractivity contribution in [3.63, 3.8) is 0 Å². The molecule has 0 atom stereocenters. The van der Waals surface area contributed by atoms with Crippen LogP contribution in [0.15, 0.2) is 24.3 Å². The number of aryl methyl sites for hydroxylation is 3. The topological polar surface area (TPSA) is 55.9 Å². The molecule has 0 spiro atoms. The Labute approximate surface area is 101 Å². The number of nitrogens with two attached hydrogens (primary N) is 1. The lowest BCUT2D eigenvalue weighted by Crippen LogP contribution is -2.05. The van der Waals surface area contributed by atoms with E-state index >= 15 is 0 Å². The van der Waals surface area contributed by atoms with E-state index in [9.17, 15) is 0 Å². The van der Waals surface area contributed by atoms with Crippen LogP contribution in [0, 0.1) is 13.8 Å². The van der Waals surface area contributed by atoms with E-state index in [-0.39, 0.29) is 0 Å². The summed E-state index contributed by atoms with van der Waals surface area (Å²) in [5.41, 5.74) is 9.86. The molecule has 17 heavy (non-hydrogen) atoms. The molecule has 1 aromatic heterocycles. The van der Waals surface area contributed by atoms with Gasteiger partial charge in [-0.05, 0) is 32.4 Å². The van der Waals surface area contributed by atoms with Crippen molar-refractivity contribution in [2.45, 2.75) is 27.3 Å². The summed E-state index contributed by atoms with van der Waals surface area (Å²) in [6, 6.07) is 8.13. The molecule has 90 valence electrons. The van der Waals surface area contributed by atoms with Crippen LogP contribution in [0.5, 0.6) is 0 Å². The van der Waals surface area contributed by atoms with Crippen LogP contribution in [0.4, 0.5) is 17.2 Å². The molecule has 2 rings (SSSR count). The number of anilines is 3. The lowest BCUT2D eigenvalue weighted by Gasteiger charge is -2.11. The van der Waals surface area contributed by atoms with Crippen LogP contribution in [0.25, 0.3) is 0 Å². The summed E-state index contributed by atoms with van der Waals surface area (Å²) in [6.45, 7) is 6.84. The van der Waals surface area contributed by atoms with Crippen LogP contribution >= 0.6 is 0 Å². The Kier molecular flexibility index (Phi) is 3.04. The van der Waals surface area contributed by atoms with Crippen LogP contribution in [0.3, 0.4) is 0 Å². The quantitative estimate of drug-likeness (QED) is 0.852. The molecule has 0 bridgehead atoms. The number of rotatable bonds is 3. The monoisotopic (exact) mass is 230 g/mol. The van der Waals surface area contributed by atoms with Gasteiger partial charge in [-0.1, -0.05) is 18.2 Å². The van der Waals surface area contributed by atoms with Gasteiger partial charge in [0, 0.05) is 12.2 Å². The van der Waals surface area contributed by atoms with Gasteiger partial charge in [0.2, 0.25) is 0 Å². The summed E-state index contributed by atoms with van der Waals surface area (Å²) < 4.78 is 1.89. The van der Waals surface area contributed by atoms with Gasteiger partial charge in [-0.15, -0.1) is 0 Å². The van der Waals surface area contributed by atoms with Crippen molar-refractivity contribution in [3.8, 4) is 0 Å². The summed E-state index contributed by atoms with van der Waals surface area (Å²) in [5.74, 6) is 0.874. The number of nitrogen functional groups attached to an aromatic ring is 1. The highest BCUT2D eigenvalue weighted by Gasteiger charge is 2.11. The lowest BCUT2D eigenvalue weighted by atomic mass is 10.2. The number of para-hydroxylation sites is 1. The SMILES string of the molecule is CCn1nc(C)c(N)c1Nc1ccccc1C. The predicted octanol–water partition coefficient (Wildman–Crippen LogP) is 2.85. The number of hydrogen-bond acceptors (Lipinski definition) is 3. The second kappa shape index (κ2) is 4.49. The second-order valence-corrected chi connectivity index (χ2v) is 4.10. The van der Waals surface area contributed by atoms with Crippen LogP contribution in [-0.2, 0) is 6.54 Å². The fourth-order valence-corrected chi connectivity index (χ4v) is 1.80. The average molecular weight is 230 g/mol. The lowest BCUT2D eigenvalue weighted by molar-refractivity contribution is 0.661.